The van der Waals surface area contributed by atoms with Crippen molar-refractivity contribution in [1.29, 1.82) is 5.26 Å². The topological polar surface area (TPSA) is 78.9 Å². The Hall–Kier alpha value is -2.94. The van der Waals surface area contributed by atoms with Gasteiger partial charge in [0.05, 0.1) is 17.3 Å². The highest BCUT2D eigenvalue weighted by molar-refractivity contribution is 6.05. The van der Waals surface area contributed by atoms with E-state index in [1.807, 2.05) is 6.07 Å². The standard InChI is InChI=1S/C14H9F2N3O/c15-10-5-6-11(18)13(12(10)16)19-14(20)9-3-1-8(7-17)2-4-9/h1-6H,18H2,(H,19,20). The minimum absolute atomic E-state index is 0.0779. The quantitative estimate of drug-likeness (QED) is 0.825. The summed E-state index contributed by atoms with van der Waals surface area (Å²) in [4.78, 5) is 11.9. The van der Waals surface area contributed by atoms with E-state index >= 15 is 0 Å². The fraction of sp³-hybridized carbons (Fsp3) is 0. The van der Waals surface area contributed by atoms with Gasteiger partial charge in [0, 0.05) is 5.56 Å². The van der Waals surface area contributed by atoms with Gasteiger partial charge in [-0.1, -0.05) is 0 Å². The number of nitriles is 1. The predicted molar refractivity (Wildman–Crippen MR) is 69.9 cm³/mol. The van der Waals surface area contributed by atoms with Crippen molar-refractivity contribution >= 4 is 17.3 Å². The maximum atomic E-state index is 13.5. The van der Waals surface area contributed by atoms with E-state index in [0.717, 1.165) is 12.1 Å². The Balaban J connectivity index is 2.28. The number of carbonyl (C=O) groups is 1. The van der Waals surface area contributed by atoms with Crippen LogP contribution in [0.15, 0.2) is 36.4 Å². The third-order valence-electron chi connectivity index (χ3n) is 2.64. The van der Waals surface area contributed by atoms with Crippen LogP contribution in [0.1, 0.15) is 15.9 Å². The Morgan fingerprint density at radius 3 is 2.40 bits per heavy atom. The predicted octanol–water partition coefficient (Wildman–Crippen LogP) is 2.67. The lowest BCUT2D eigenvalue weighted by molar-refractivity contribution is 0.102. The van der Waals surface area contributed by atoms with Crippen LogP contribution in [0.4, 0.5) is 20.2 Å². The lowest BCUT2D eigenvalue weighted by atomic mass is 10.1. The molecule has 0 aliphatic rings. The van der Waals surface area contributed by atoms with Gasteiger partial charge in [-0.2, -0.15) is 5.26 Å². The van der Waals surface area contributed by atoms with Gasteiger partial charge in [-0.3, -0.25) is 4.79 Å². The highest BCUT2D eigenvalue weighted by Crippen LogP contribution is 2.25. The molecule has 0 radical (unpaired) electrons. The van der Waals surface area contributed by atoms with Crippen LogP contribution >= 0.6 is 0 Å². The molecular formula is C14H9F2N3O. The molecule has 6 heteroatoms. The summed E-state index contributed by atoms with van der Waals surface area (Å²) in [5.74, 6) is -2.97. The normalized spacial score (nSPS) is 9.85. The number of halogens is 2. The SMILES string of the molecule is N#Cc1ccc(C(=O)Nc2c(N)ccc(F)c2F)cc1. The van der Waals surface area contributed by atoms with E-state index < -0.39 is 23.2 Å². The van der Waals surface area contributed by atoms with Crippen molar-refractivity contribution < 1.29 is 13.6 Å². The van der Waals surface area contributed by atoms with Crippen LogP contribution in [-0.2, 0) is 0 Å². The molecule has 0 aliphatic carbocycles. The number of hydrogen-bond donors (Lipinski definition) is 2. The van der Waals surface area contributed by atoms with E-state index in [0.29, 0.717) is 5.56 Å². The largest absolute Gasteiger partial charge is 0.397 e. The molecule has 0 saturated carbocycles. The molecule has 0 fully saturated rings. The average Bonchev–Trinajstić information content (AvgIpc) is 2.47. The molecule has 1 amide bonds. The molecule has 0 spiro atoms. The molecule has 2 rings (SSSR count). The molecule has 0 aromatic heterocycles. The Bertz CT molecular complexity index is 706. The first-order valence-corrected chi connectivity index (χ1v) is 5.58. The highest BCUT2D eigenvalue weighted by atomic mass is 19.2. The second-order valence-electron chi connectivity index (χ2n) is 3.97. The number of hydrogen-bond acceptors (Lipinski definition) is 3. The van der Waals surface area contributed by atoms with Gasteiger partial charge in [-0.15, -0.1) is 0 Å². The molecule has 2 aromatic rings. The van der Waals surface area contributed by atoms with E-state index in [1.165, 1.54) is 24.3 Å². The Morgan fingerprint density at radius 2 is 1.80 bits per heavy atom. The van der Waals surface area contributed by atoms with Crippen LogP contribution in [0.2, 0.25) is 0 Å². The molecule has 0 aliphatic heterocycles. The number of rotatable bonds is 2. The van der Waals surface area contributed by atoms with Gasteiger partial charge in [-0.05, 0) is 36.4 Å². The van der Waals surface area contributed by atoms with Gasteiger partial charge < -0.3 is 11.1 Å². The van der Waals surface area contributed by atoms with Crippen molar-refractivity contribution in [1.82, 2.24) is 0 Å². The first-order valence-electron chi connectivity index (χ1n) is 5.58. The first-order chi connectivity index (χ1) is 9.52. The molecule has 0 saturated heterocycles. The van der Waals surface area contributed by atoms with Crippen LogP contribution < -0.4 is 11.1 Å². The van der Waals surface area contributed by atoms with Crippen molar-refractivity contribution in [2.45, 2.75) is 0 Å². The summed E-state index contributed by atoms with van der Waals surface area (Å²) in [6, 6.07) is 9.64. The zero-order chi connectivity index (χ0) is 14.7. The number of nitrogens with two attached hydrogens (primary N) is 1. The van der Waals surface area contributed by atoms with E-state index in [4.69, 9.17) is 11.0 Å². The van der Waals surface area contributed by atoms with E-state index in [1.54, 1.807) is 0 Å². The van der Waals surface area contributed by atoms with Crippen LogP contribution in [0.3, 0.4) is 0 Å². The molecule has 0 atom stereocenters. The third-order valence-corrected chi connectivity index (χ3v) is 2.64. The minimum atomic E-state index is -1.22. The third kappa shape index (κ3) is 2.57. The molecule has 3 N–H and O–H groups in total. The number of carbonyl (C=O) groups excluding carboxylic acids is 1. The van der Waals surface area contributed by atoms with E-state index in [2.05, 4.69) is 5.32 Å². The maximum absolute atomic E-state index is 13.5. The van der Waals surface area contributed by atoms with Crippen molar-refractivity contribution in [3.8, 4) is 6.07 Å². The molecule has 0 heterocycles. The number of nitrogen functional groups attached to an aromatic ring is 1. The van der Waals surface area contributed by atoms with Crippen molar-refractivity contribution in [2.75, 3.05) is 11.1 Å². The summed E-state index contributed by atoms with van der Waals surface area (Å²) in [6.07, 6.45) is 0. The van der Waals surface area contributed by atoms with Gasteiger partial charge in [0.1, 0.15) is 5.69 Å². The number of nitrogens with one attached hydrogen (secondary N) is 1. The summed E-state index contributed by atoms with van der Waals surface area (Å²) in [5, 5.41) is 10.9. The average molecular weight is 273 g/mol. The smallest absolute Gasteiger partial charge is 0.255 e. The van der Waals surface area contributed by atoms with Crippen molar-refractivity contribution in [3.05, 3.63) is 59.2 Å². The van der Waals surface area contributed by atoms with Crippen molar-refractivity contribution in [2.24, 2.45) is 0 Å². The maximum Gasteiger partial charge on any atom is 0.255 e. The summed E-state index contributed by atoms with van der Waals surface area (Å²) < 4.78 is 26.6. The van der Waals surface area contributed by atoms with Crippen molar-refractivity contribution in [3.63, 3.8) is 0 Å². The fourth-order valence-corrected chi connectivity index (χ4v) is 1.57. The van der Waals surface area contributed by atoms with Gasteiger partial charge >= 0.3 is 0 Å². The fourth-order valence-electron chi connectivity index (χ4n) is 1.57. The number of nitrogens with zero attached hydrogens (tertiary/aromatic N) is 1. The highest BCUT2D eigenvalue weighted by Gasteiger charge is 2.15. The minimum Gasteiger partial charge on any atom is -0.397 e. The number of benzene rings is 2. The molecule has 4 nitrogen and oxygen atoms in total. The summed E-state index contributed by atoms with van der Waals surface area (Å²) >= 11 is 0. The Kier molecular flexibility index (Phi) is 3.62. The summed E-state index contributed by atoms with van der Waals surface area (Å²) in [6.45, 7) is 0. The zero-order valence-electron chi connectivity index (χ0n) is 10.2. The summed E-state index contributed by atoms with van der Waals surface area (Å²) in [5.41, 5.74) is 5.60. The van der Waals surface area contributed by atoms with Crippen LogP contribution in [-0.4, -0.2) is 5.91 Å². The van der Waals surface area contributed by atoms with Gasteiger partial charge in [-0.25, -0.2) is 8.78 Å². The van der Waals surface area contributed by atoms with E-state index in [-0.39, 0.29) is 11.3 Å². The van der Waals surface area contributed by atoms with Gasteiger partial charge in [0.15, 0.2) is 11.6 Å². The molecule has 0 bridgehead atoms. The van der Waals surface area contributed by atoms with E-state index in [9.17, 15) is 13.6 Å². The van der Waals surface area contributed by atoms with Crippen LogP contribution in [0.25, 0.3) is 0 Å². The Morgan fingerprint density at radius 1 is 1.15 bits per heavy atom. The zero-order valence-corrected chi connectivity index (χ0v) is 10.2. The number of amides is 1. The van der Waals surface area contributed by atoms with Crippen LogP contribution in [0.5, 0.6) is 0 Å². The first kappa shape index (κ1) is 13.5. The molecule has 20 heavy (non-hydrogen) atoms. The lowest BCUT2D eigenvalue weighted by Gasteiger charge is -2.09. The second kappa shape index (κ2) is 5.36. The van der Waals surface area contributed by atoms with Gasteiger partial charge in [0.2, 0.25) is 0 Å². The summed E-state index contributed by atoms with van der Waals surface area (Å²) in [7, 11) is 0. The van der Waals surface area contributed by atoms with Crippen LogP contribution in [0, 0.1) is 23.0 Å². The molecule has 0 unspecified atom stereocenters. The Labute approximate surface area is 113 Å². The molecular weight excluding hydrogens is 264 g/mol. The monoisotopic (exact) mass is 273 g/mol. The van der Waals surface area contributed by atoms with Gasteiger partial charge in [0.25, 0.3) is 5.91 Å². The lowest BCUT2D eigenvalue weighted by Crippen LogP contribution is -2.15. The molecule has 100 valence electrons. The second-order valence-corrected chi connectivity index (χ2v) is 3.97. The molecule has 2 aromatic carbocycles. The number of anilines is 2.